The Balaban J connectivity index is 2.71. The minimum Gasteiger partial charge on any atom is -0.494 e. The van der Waals surface area contributed by atoms with E-state index in [1.54, 1.807) is 6.20 Å². The lowest BCUT2D eigenvalue weighted by Gasteiger charge is -1.98. The molecule has 0 saturated heterocycles. The second-order valence-electron chi connectivity index (χ2n) is 2.69. The van der Waals surface area contributed by atoms with Gasteiger partial charge in [0.2, 0.25) is 0 Å². The molecule has 0 aliphatic heterocycles. The Morgan fingerprint density at radius 2 is 2.25 bits per heavy atom. The Kier molecular flexibility index (Phi) is 1.43. The number of aromatic nitrogens is 1. The molecular formula is C9H10N2O. The van der Waals surface area contributed by atoms with Gasteiger partial charge in [0, 0.05) is 29.7 Å². The zero-order valence-corrected chi connectivity index (χ0v) is 6.76. The fourth-order valence-electron chi connectivity index (χ4n) is 1.27. The standard InChI is InChI=1S/C9H10N2O/c1-10-7-3-2-6-5-11-9(12)8(6)4-7/h2-5,10-12H,1H3. The molecule has 3 N–H and O–H groups in total. The van der Waals surface area contributed by atoms with Crippen LogP contribution in [0.4, 0.5) is 5.69 Å². The van der Waals surface area contributed by atoms with E-state index in [2.05, 4.69) is 10.3 Å². The molecule has 1 aromatic carbocycles. The van der Waals surface area contributed by atoms with Crippen molar-refractivity contribution in [1.29, 1.82) is 0 Å². The van der Waals surface area contributed by atoms with E-state index in [1.165, 1.54) is 0 Å². The lowest BCUT2D eigenvalue weighted by atomic mass is 10.2. The van der Waals surface area contributed by atoms with Crippen LogP contribution in [0.1, 0.15) is 0 Å². The summed E-state index contributed by atoms with van der Waals surface area (Å²) in [7, 11) is 1.85. The predicted molar refractivity (Wildman–Crippen MR) is 49.5 cm³/mol. The van der Waals surface area contributed by atoms with Crippen molar-refractivity contribution in [2.75, 3.05) is 12.4 Å². The van der Waals surface area contributed by atoms with E-state index in [-0.39, 0.29) is 5.88 Å². The first kappa shape index (κ1) is 7.03. The van der Waals surface area contributed by atoms with Crippen molar-refractivity contribution >= 4 is 16.5 Å². The van der Waals surface area contributed by atoms with Gasteiger partial charge in [0.1, 0.15) is 0 Å². The third-order valence-electron chi connectivity index (χ3n) is 1.96. The SMILES string of the molecule is CNc1ccc2c[nH]c(O)c2c1. The Hall–Kier alpha value is -1.64. The molecule has 0 radical (unpaired) electrons. The zero-order chi connectivity index (χ0) is 8.55. The monoisotopic (exact) mass is 162 g/mol. The summed E-state index contributed by atoms with van der Waals surface area (Å²) in [6.45, 7) is 0. The Bertz CT molecular complexity index is 406. The topological polar surface area (TPSA) is 48.0 Å². The average molecular weight is 162 g/mol. The van der Waals surface area contributed by atoms with Crippen LogP contribution in [0.3, 0.4) is 0 Å². The lowest BCUT2D eigenvalue weighted by Crippen LogP contribution is -1.85. The van der Waals surface area contributed by atoms with Crippen LogP contribution in [0.2, 0.25) is 0 Å². The van der Waals surface area contributed by atoms with Crippen molar-refractivity contribution in [2.24, 2.45) is 0 Å². The molecule has 3 nitrogen and oxygen atoms in total. The fourth-order valence-corrected chi connectivity index (χ4v) is 1.27. The highest BCUT2D eigenvalue weighted by Gasteiger charge is 2.01. The molecule has 0 unspecified atom stereocenters. The van der Waals surface area contributed by atoms with Crippen LogP contribution in [0.15, 0.2) is 24.4 Å². The fraction of sp³-hybridized carbons (Fsp3) is 0.111. The number of fused-ring (bicyclic) bond motifs is 1. The number of hydrogen-bond acceptors (Lipinski definition) is 2. The van der Waals surface area contributed by atoms with Crippen LogP contribution in [0, 0.1) is 0 Å². The number of aromatic hydroxyl groups is 1. The molecule has 0 fully saturated rings. The normalized spacial score (nSPS) is 10.4. The highest BCUT2D eigenvalue weighted by molar-refractivity contribution is 5.90. The van der Waals surface area contributed by atoms with Gasteiger partial charge in [-0.25, -0.2) is 0 Å². The molecule has 0 bridgehead atoms. The van der Waals surface area contributed by atoms with E-state index in [0.717, 1.165) is 16.5 Å². The van der Waals surface area contributed by atoms with Crippen LogP contribution in [0.25, 0.3) is 10.8 Å². The molecule has 0 saturated carbocycles. The highest BCUT2D eigenvalue weighted by Crippen LogP contribution is 2.25. The number of aromatic amines is 1. The first-order chi connectivity index (χ1) is 5.81. The van der Waals surface area contributed by atoms with Gasteiger partial charge in [0.25, 0.3) is 0 Å². The molecule has 2 rings (SSSR count). The van der Waals surface area contributed by atoms with Gasteiger partial charge >= 0.3 is 0 Å². The van der Waals surface area contributed by atoms with Gasteiger partial charge in [-0.3, -0.25) is 0 Å². The summed E-state index contributed by atoms with van der Waals surface area (Å²) in [4.78, 5) is 2.76. The summed E-state index contributed by atoms with van der Waals surface area (Å²) in [5, 5.41) is 14.2. The minimum absolute atomic E-state index is 0.224. The van der Waals surface area contributed by atoms with Crippen molar-refractivity contribution in [2.45, 2.75) is 0 Å². The number of H-pyrrole nitrogens is 1. The minimum atomic E-state index is 0.224. The van der Waals surface area contributed by atoms with Crippen molar-refractivity contribution in [3.8, 4) is 5.88 Å². The molecule has 3 heteroatoms. The van der Waals surface area contributed by atoms with Gasteiger partial charge in [-0.05, 0) is 12.1 Å². The second kappa shape index (κ2) is 2.44. The number of rotatable bonds is 1. The van der Waals surface area contributed by atoms with E-state index >= 15 is 0 Å². The van der Waals surface area contributed by atoms with Gasteiger partial charge in [-0.15, -0.1) is 0 Å². The van der Waals surface area contributed by atoms with Crippen LogP contribution >= 0.6 is 0 Å². The highest BCUT2D eigenvalue weighted by atomic mass is 16.3. The predicted octanol–water partition coefficient (Wildman–Crippen LogP) is 1.92. The Morgan fingerprint density at radius 1 is 1.42 bits per heavy atom. The smallest absolute Gasteiger partial charge is 0.196 e. The van der Waals surface area contributed by atoms with Crippen LogP contribution in [-0.2, 0) is 0 Å². The Labute approximate surface area is 70.0 Å². The van der Waals surface area contributed by atoms with Gasteiger partial charge < -0.3 is 15.4 Å². The van der Waals surface area contributed by atoms with Gasteiger partial charge in [0.15, 0.2) is 5.88 Å². The molecular weight excluding hydrogens is 152 g/mol. The number of anilines is 1. The third kappa shape index (κ3) is 0.906. The number of hydrogen-bond donors (Lipinski definition) is 3. The first-order valence-corrected chi connectivity index (χ1v) is 3.79. The van der Waals surface area contributed by atoms with Crippen LogP contribution in [0.5, 0.6) is 5.88 Å². The summed E-state index contributed by atoms with van der Waals surface area (Å²) in [5.41, 5.74) is 0.998. The molecule has 0 atom stereocenters. The lowest BCUT2D eigenvalue weighted by molar-refractivity contribution is 0.462. The Morgan fingerprint density at radius 3 is 3.00 bits per heavy atom. The van der Waals surface area contributed by atoms with Gasteiger partial charge in [-0.1, -0.05) is 6.07 Å². The molecule has 1 heterocycles. The van der Waals surface area contributed by atoms with E-state index in [9.17, 15) is 5.11 Å². The summed E-state index contributed by atoms with van der Waals surface area (Å²) in [5.74, 6) is 0.224. The van der Waals surface area contributed by atoms with Crippen LogP contribution in [-0.4, -0.2) is 17.1 Å². The summed E-state index contributed by atoms with van der Waals surface area (Å²) >= 11 is 0. The van der Waals surface area contributed by atoms with E-state index in [1.807, 2.05) is 25.2 Å². The van der Waals surface area contributed by atoms with E-state index in [0.29, 0.717) is 0 Å². The summed E-state index contributed by atoms with van der Waals surface area (Å²) < 4.78 is 0. The van der Waals surface area contributed by atoms with Crippen molar-refractivity contribution in [3.05, 3.63) is 24.4 Å². The summed E-state index contributed by atoms with van der Waals surface area (Å²) in [6, 6.07) is 5.83. The zero-order valence-electron chi connectivity index (χ0n) is 6.76. The largest absolute Gasteiger partial charge is 0.494 e. The third-order valence-corrected chi connectivity index (χ3v) is 1.96. The first-order valence-electron chi connectivity index (χ1n) is 3.79. The maximum absolute atomic E-state index is 9.35. The average Bonchev–Trinajstić information content (AvgIpc) is 2.47. The maximum Gasteiger partial charge on any atom is 0.196 e. The molecule has 62 valence electrons. The molecule has 2 aromatic rings. The van der Waals surface area contributed by atoms with E-state index in [4.69, 9.17) is 0 Å². The van der Waals surface area contributed by atoms with Gasteiger partial charge in [0.05, 0.1) is 0 Å². The maximum atomic E-state index is 9.35. The van der Waals surface area contributed by atoms with Crippen molar-refractivity contribution in [1.82, 2.24) is 4.98 Å². The number of benzene rings is 1. The molecule has 0 amide bonds. The molecule has 0 aliphatic rings. The van der Waals surface area contributed by atoms with Crippen molar-refractivity contribution in [3.63, 3.8) is 0 Å². The number of nitrogens with one attached hydrogen (secondary N) is 2. The van der Waals surface area contributed by atoms with E-state index < -0.39 is 0 Å². The molecule has 12 heavy (non-hydrogen) atoms. The second-order valence-corrected chi connectivity index (χ2v) is 2.69. The van der Waals surface area contributed by atoms with Gasteiger partial charge in [-0.2, -0.15) is 0 Å². The van der Waals surface area contributed by atoms with Crippen LogP contribution < -0.4 is 5.32 Å². The molecule has 0 spiro atoms. The molecule has 1 aromatic heterocycles. The quantitative estimate of drug-likeness (QED) is 0.600. The van der Waals surface area contributed by atoms with Crippen molar-refractivity contribution < 1.29 is 5.11 Å². The molecule has 0 aliphatic carbocycles. The summed E-state index contributed by atoms with van der Waals surface area (Å²) in [6.07, 6.45) is 1.78.